The van der Waals surface area contributed by atoms with Gasteiger partial charge in [0.2, 0.25) is 11.0 Å². The number of nitro groups is 1. The largest absolute Gasteiger partial charge is 0.325 e. The zero-order valence-electron chi connectivity index (χ0n) is 18.2. The van der Waals surface area contributed by atoms with Crippen LogP contribution in [-0.4, -0.2) is 32.7 Å². The van der Waals surface area contributed by atoms with Crippen LogP contribution in [0.15, 0.2) is 46.8 Å². The van der Waals surface area contributed by atoms with Crippen LogP contribution in [0, 0.1) is 17.0 Å². The number of carbonyl (C=O) groups is 2. The Labute approximate surface area is 199 Å². The Morgan fingerprint density at radius 3 is 2.58 bits per heavy atom. The molecule has 1 aromatic heterocycles. The van der Waals surface area contributed by atoms with Gasteiger partial charge in [0, 0.05) is 22.9 Å². The molecule has 9 nitrogen and oxygen atoms in total. The summed E-state index contributed by atoms with van der Waals surface area (Å²) in [7, 11) is 0. The fourth-order valence-electron chi connectivity index (χ4n) is 3.01. The zero-order valence-corrected chi connectivity index (χ0v) is 19.8. The number of rotatable bonds is 10. The second-order valence-electron chi connectivity index (χ2n) is 7.17. The van der Waals surface area contributed by atoms with Crippen molar-refractivity contribution in [3.05, 3.63) is 69.3 Å². The number of anilines is 2. The summed E-state index contributed by atoms with van der Waals surface area (Å²) in [5, 5.41) is 24.7. The van der Waals surface area contributed by atoms with Crippen molar-refractivity contribution >= 4 is 51.4 Å². The maximum Gasteiger partial charge on any atom is 0.273 e. The molecule has 1 heterocycles. The number of carbonyl (C=O) groups excluding carboxylic acids is 2. The number of aromatic nitrogens is 2. The van der Waals surface area contributed by atoms with Crippen molar-refractivity contribution in [3.8, 4) is 0 Å². The summed E-state index contributed by atoms with van der Waals surface area (Å²) in [6, 6.07) is 12.1. The minimum absolute atomic E-state index is 0.127. The van der Waals surface area contributed by atoms with Gasteiger partial charge in [0.25, 0.3) is 11.6 Å². The van der Waals surface area contributed by atoms with Crippen LogP contribution >= 0.6 is 23.1 Å². The van der Waals surface area contributed by atoms with Gasteiger partial charge in [-0.3, -0.25) is 25.0 Å². The van der Waals surface area contributed by atoms with Crippen LogP contribution in [0.2, 0.25) is 0 Å². The molecule has 0 aliphatic carbocycles. The maximum atomic E-state index is 12.5. The lowest BCUT2D eigenvalue weighted by atomic mass is 10.1. The summed E-state index contributed by atoms with van der Waals surface area (Å²) in [6.45, 7) is 3.67. The Morgan fingerprint density at radius 2 is 1.88 bits per heavy atom. The normalized spacial score (nSPS) is 10.6. The molecule has 3 rings (SSSR count). The van der Waals surface area contributed by atoms with E-state index in [0.29, 0.717) is 4.34 Å². The molecule has 0 radical (unpaired) electrons. The molecule has 2 N–H and O–H groups in total. The molecule has 0 unspecified atom stereocenters. The van der Waals surface area contributed by atoms with Crippen LogP contribution in [0.3, 0.4) is 0 Å². The molecule has 2 aromatic carbocycles. The van der Waals surface area contributed by atoms with Crippen molar-refractivity contribution in [2.45, 2.75) is 37.4 Å². The first-order valence-electron chi connectivity index (χ1n) is 10.3. The molecule has 0 fully saturated rings. The minimum atomic E-state index is -0.530. The molecule has 0 atom stereocenters. The van der Waals surface area contributed by atoms with Crippen molar-refractivity contribution in [2.24, 2.45) is 0 Å². The third-order valence-corrected chi connectivity index (χ3v) is 6.73. The number of unbranched alkanes of at least 4 members (excludes halogenated alkanes) is 1. The Morgan fingerprint density at radius 1 is 1.12 bits per heavy atom. The molecular formula is C22H23N5O4S2. The first kappa shape index (κ1) is 24.3. The molecule has 0 saturated heterocycles. The van der Waals surface area contributed by atoms with Crippen LogP contribution in [0.25, 0.3) is 0 Å². The molecule has 0 aliphatic rings. The summed E-state index contributed by atoms with van der Waals surface area (Å²) >= 11 is 2.33. The van der Waals surface area contributed by atoms with Crippen LogP contribution in [-0.2, 0) is 11.2 Å². The van der Waals surface area contributed by atoms with E-state index in [4.69, 9.17) is 0 Å². The van der Waals surface area contributed by atoms with Crippen LogP contribution in [0.1, 0.15) is 41.3 Å². The molecule has 3 aromatic rings. The summed E-state index contributed by atoms with van der Waals surface area (Å²) in [5.41, 5.74) is 2.31. The van der Waals surface area contributed by atoms with Crippen LogP contribution < -0.4 is 10.6 Å². The number of aryl methyl sites for hydroxylation is 1. The zero-order chi connectivity index (χ0) is 23.8. The topological polar surface area (TPSA) is 127 Å². The smallest absolute Gasteiger partial charge is 0.273 e. The van der Waals surface area contributed by atoms with E-state index in [0.717, 1.165) is 36.3 Å². The summed E-state index contributed by atoms with van der Waals surface area (Å²) in [6.07, 6.45) is 3.30. The molecule has 33 heavy (non-hydrogen) atoms. The predicted molar refractivity (Wildman–Crippen MR) is 130 cm³/mol. The Bertz CT molecular complexity index is 1150. The molecule has 0 spiro atoms. The van der Waals surface area contributed by atoms with Crippen molar-refractivity contribution in [2.75, 3.05) is 16.4 Å². The summed E-state index contributed by atoms with van der Waals surface area (Å²) < 4.78 is 0.520. The van der Waals surface area contributed by atoms with Crippen LogP contribution in [0.4, 0.5) is 16.5 Å². The van der Waals surface area contributed by atoms with Gasteiger partial charge in [-0.25, -0.2) is 0 Å². The number of benzene rings is 2. The fourth-order valence-corrected chi connectivity index (χ4v) is 4.56. The van der Waals surface area contributed by atoms with Gasteiger partial charge < -0.3 is 5.32 Å². The van der Waals surface area contributed by atoms with Gasteiger partial charge in [-0.1, -0.05) is 54.6 Å². The molecule has 0 saturated carbocycles. The lowest BCUT2D eigenvalue weighted by molar-refractivity contribution is -0.385. The number of thioether (sulfide) groups is 1. The third-order valence-electron chi connectivity index (χ3n) is 4.76. The Balaban J connectivity index is 1.51. The molecule has 11 heteroatoms. The Hall–Kier alpha value is -3.31. The molecule has 0 aliphatic heterocycles. The standard InChI is InChI=1S/C22H23N5O4S2/c1-3-4-6-15-9-11-16(12-10-15)23-19(28)13-32-22-26-25-21(33-22)24-20(29)17-7-5-8-18(14(17)2)27(30)31/h5,7-12H,3-4,6,13H2,1-2H3,(H,23,28)(H,24,25,29). The third kappa shape index (κ3) is 6.83. The second-order valence-corrected chi connectivity index (χ2v) is 9.37. The Kier molecular flexibility index (Phi) is 8.50. The van der Waals surface area contributed by atoms with Gasteiger partial charge in [0.05, 0.1) is 10.7 Å². The lowest BCUT2D eigenvalue weighted by Crippen LogP contribution is -2.14. The van der Waals surface area contributed by atoms with Gasteiger partial charge in [-0.05, 0) is 43.5 Å². The minimum Gasteiger partial charge on any atom is -0.325 e. The molecule has 2 amide bonds. The van der Waals surface area contributed by atoms with Gasteiger partial charge in [0.15, 0.2) is 4.34 Å². The van der Waals surface area contributed by atoms with E-state index in [2.05, 4.69) is 27.8 Å². The highest BCUT2D eigenvalue weighted by atomic mass is 32.2. The quantitative estimate of drug-likeness (QED) is 0.177. The van der Waals surface area contributed by atoms with E-state index in [9.17, 15) is 19.7 Å². The lowest BCUT2D eigenvalue weighted by Gasteiger charge is -2.06. The van der Waals surface area contributed by atoms with Crippen LogP contribution in [0.5, 0.6) is 0 Å². The molecule has 172 valence electrons. The SMILES string of the molecule is CCCCc1ccc(NC(=O)CSc2nnc(NC(=O)c3cccc([N+](=O)[O-])c3C)s2)cc1. The first-order chi connectivity index (χ1) is 15.9. The van der Waals surface area contributed by atoms with E-state index < -0.39 is 10.8 Å². The number of hydrogen-bond donors (Lipinski definition) is 2. The monoisotopic (exact) mass is 485 g/mol. The van der Waals surface area contributed by atoms with Crippen molar-refractivity contribution in [1.29, 1.82) is 0 Å². The van der Waals surface area contributed by atoms with E-state index in [1.165, 1.54) is 42.4 Å². The van der Waals surface area contributed by atoms with Crippen molar-refractivity contribution < 1.29 is 14.5 Å². The van der Waals surface area contributed by atoms with E-state index in [-0.39, 0.29) is 33.6 Å². The summed E-state index contributed by atoms with van der Waals surface area (Å²) in [4.78, 5) is 35.3. The van der Waals surface area contributed by atoms with Gasteiger partial charge in [0.1, 0.15) is 0 Å². The second kappa shape index (κ2) is 11.5. The average molecular weight is 486 g/mol. The van der Waals surface area contributed by atoms with Gasteiger partial charge in [-0.15, -0.1) is 10.2 Å². The number of nitrogens with zero attached hydrogens (tertiary/aromatic N) is 3. The van der Waals surface area contributed by atoms with Crippen molar-refractivity contribution in [1.82, 2.24) is 10.2 Å². The number of nitrogens with one attached hydrogen (secondary N) is 2. The molecular weight excluding hydrogens is 462 g/mol. The number of amides is 2. The summed E-state index contributed by atoms with van der Waals surface area (Å²) in [5.74, 6) is -0.539. The van der Waals surface area contributed by atoms with Gasteiger partial charge in [-0.2, -0.15) is 0 Å². The van der Waals surface area contributed by atoms with E-state index in [1.54, 1.807) is 0 Å². The number of hydrogen-bond acceptors (Lipinski definition) is 8. The van der Waals surface area contributed by atoms with Crippen molar-refractivity contribution in [3.63, 3.8) is 0 Å². The maximum absolute atomic E-state index is 12.5. The highest BCUT2D eigenvalue weighted by Gasteiger charge is 2.19. The predicted octanol–water partition coefficient (Wildman–Crippen LogP) is 5.08. The molecule has 0 bridgehead atoms. The average Bonchev–Trinajstić information content (AvgIpc) is 3.24. The fraction of sp³-hybridized carbons (Fsp3) is 0.273. The highest BCUT2D eigenvalue weighted by molar-refractivity contribution is 8.01. The van der Waals surface area contributed by atoms with E-state index in [1.807, 2.05) is 24.3 Å². The highest BCUT2D eigenvalue weighted by Crippen LogP contribution is 2.27. The van der Waals surface area contributed by atoms with E-state index >= 15 is 0 Å². The first-order valence-corrected chi connectivity index (χ1v) is 12.1. The number of nitro benzene ring substituents is 1. The van der Waals surface area contributed by atoms with Gasteiger partial charge >= 0.3 is 0 Å².